The highest BCUT2D eigenvalue weighted by molar-refractivity contribution is 9.09. The molecule has 47 heavy (non-hydrogen) atoms. The molecule has 0 aliphatic carbocycles. The Labute approximate surface area is 285 Å². The molecule has 3 aliphatic rings. The van der Waals surface area contributed by atoms with E-state index in [1.54, 1.807) is 29.2 Å². The van der Waals surface area contributed by atoms with Crippen LogP contribution in [0.15, 0.2) is 55.6 Å². The van der Waals surface area contributed by atoms with Crippen LogP contribution in [0.3, 0.4) is 0 Å². The monoisotopic (exact) mass is 717 g/mol. The summed E-state index contributed by atoms with van der Waals surface area (Å²) in [5.41, 5.74) is -0.664. The Balaban J connectivity index is 1.71. The lowest BCUT2D eigenvalue weighted by Gasteiger charge is -2.39. The van der Waals surface area contributed by atoms with Crippen LogP contribution in [0.4, 0.5) is 0 Å². The summed E-state index contributed by atoms with van der Waals surface area (Å²) in [5.74, 6) is -3.68. The second kappa shape index (κ2) is 16.4. The van der Waals surface area contributed by atoms with E-state index in [4.69, 9.17) is 14.2 Å². The molecule has 1 aromatic carbocycles. The second-order valence-electron chi connectivity index (χ2n) is 12.6. The molecule has 3 heterocycles. The standard InChI is InChI=1S/C35H48BrN3O8/c1-6-9-16-26(41)37-25(21-45-5)29(23-14-11-10-12-15-23)46-34(44)27-28-32(42)39(18-19-40)31(35(28)20-24(36)30(27)47-35)33(43)38(17-8-3)22(4)13-7-2/h6,8,10-12,14-15,22,24-25,27-31,40H,1,3,7,9,13,16-21H2,2,4-5H3,(H,37,41)/t22?,24?,25-,27-,28+,29-,30-,31-,35+/m0/s1. The van der Waals surface area contributed by atoms with Crippen LogP contribution >= 0.6 is 15.9 Å². The van der Waals surface area contributed by atoms with Gasteiger partial charge in [-0.05, 0) is 31.7 Å². The van der Waals surface area contributed by atoms with Gasteiger partial charge in [-0.25, -0.2) is 0 Å². The lowest BCUT2D eigenvalue weighted by molar-refractivity contribution is -0.163. The van der Waals surface area contributed by atoms with Crippen LogP contribution in [0, 0.1) is 11.8 Å². The first-order valence-corrected chi connectivity index (χ1v) is 17.3. The van der Waals surface area contributed by atoms with Crippen molar-refractivity contribution in [1.29, 1.82) is 0 Å². The number of allylic oxidation sites excluding steroid dienone is 1. The van der Waals surface area contributed by atoms with Crippen molar-refractivity contribution in [3.63, 3.8) is 0 Å². The third-order valence-electron chi connectivity index (χ3n) is 9.49. The Morgan fingerprint density at radius 3 is 2.60 bits per heavy atom. The van der Waals surface area contributed by atoms with Crippen LogP contribution in [0.5, 0.6) is 0 Å². The number of ether oxygens (including phenoxy) is 3. The Morgan fingerprint density at radius 1 is 1.26 bits per heavy atom. The molecular formula is C35H48BrN3O8. The van der Waals surface area contributed by atoms with Gasteiger partial charge in [0.05, 0.1) is 37.2 Å². The van der Waals surface area contributed by atoms with Gasteiger partial charge in [-0.2, -0.15) is 0 Å². The summed E-state index contributed by atoms with van der Waals surface area (Å²) in [5, 5.41) is 12.9. The molecule has 0 radical (unpaired) electrons. The number of hydrogen-bond donors (Lipinski definition) is 2. The van der Waals surface area contributed by atoms with E-state index < -0.39 is 53.6 Å². The maximum atomic E-state index is 14.4. The minimum absolute atomic E-state index is 0.0561. The van der Waals surface area contributed by atoms with E-state index in [1.165, 1.54) is 12.0 Å². The van der Waals surface area contributed by atoms with Gasteiger partial charge in [0.15, 0.2) is 0 Å². The minimum Gasteiger partial charge on any atom is -0.455 e. The van der Waals surface area contributed by atoms with Crippen LogP contribution in [0.1, 0.15) is 57.6 Å². The molecule has 12 heteroatoms. The topological polar surface area (TPSA) is 135 Å². The van der Waals surface area contributed by atoms with Crippen molar-refractivity contribution in [3.05, 3.63) is 61.2 Å². The quantitative estimate of drug-likeness (QED) is 0.134. The van der Waals surface area contributed by atoms with Gasteiger partial charge in [-0.1, -0.05) is 71.8 Å². The van der Waals surface area contributed by atoms with Gasteiger partial charge in [0.25, 0.3) is 0 Å². The van der Waals surface area contributed by atoms with Gasteiger partial charge < -0.3 is 34.4 Å². The number of esters is 1. The molecule has 9 atom stereocenters. The normalized spacial score (nSPS) is 27.9. The van der Waals surface area contributed by atoms with Crippen LogP contribution in [-0.2, 0) is 33.4 Å². The molecular weight excluding hydrogens is 670 g/mol. The number of β-amino-alcohol motifs (C(OH)–C–C–N with tert-alkyl or cyclic N) is 1. The number of methoxy groups -OCH3 is 1. The number of fused-ring (bicyclic) bond motifs is 1. The smallest absolute Gasteiger partial charge is 0.313 e. The maximum absolute atomic E-state index is 14.4. The number of rotatable bonds is 18. The Kier molecular flexibility index (Phi) is 12.8. The summed E-state index contributed by atoms with van der Waals surface area (Å²) in [6.45, 7) is 11.4. The highest BCUT2D eigenvalue weighted by Crippen LogP contribution is 2.60. The van der Waals surface area contributed by atoms with Crippen molar-refractivity contribution in [1.82, 2.24) is 15.1 Å². The fourth-order valence-corrected chi connectivity index (χ4v) is 8.45. The van der Waals surface area contributed by atoms with E-state index in [2.05, 4.69) is 34.4 Å². The van der Waals surface area contributed by atoms with Gasteiger partial charge in [0, 0.05) is 37.5 Å². The molecule has 2 unspecified atom stereocenters. The Hall–Kier alpha value is -3.06. The Bertz CT molecular complexity index is 1300. The van der Waals surface area contributed by atoms with Crippen LogP contribution in [0.25, 0.3) is 0 Å². The first kappa shape index (κ1) is 36.8. The van der Waals surface area contributed by atoms with E-state index in [9.17, 15) is 24.3 Å². The molecule has 1 aromatic rings. The average Bonchev–Trinajstić information content (AvgIpc) is 3.64. The molecule has 4 rings (SSSR count). The first-order valence-electron chi connectivity index (χ1n) is 16.4. The molecule has 11 nitrogen and oxygen atoms in total. The fraction of sp³-hybridized carbons (Fsp3) is 0.600. The van der Waals surface area contributed by atoms with Gasteiger partial charge in [-0.15, -0.1) is 13.2 Å². The van der Waals surface area contributed by atoms with Crippen molar-refractivity contribution in [2.24, 2.45) is 11.8 Å². The van der Waals surface area contributed by atoms with Crippen LogP contribution < -0.4 is 5.32 Å². The number of aliphatic hydroxyl groups is 1. The summed E-state index contributed by atoms with van der Waals surface area (Å²) in [6, 6.07) is 7.15. The molecule has 2 bridgehead atoms. The molecule has 3 aliphatic heterocycles. The number of carbonyl (C=O) groups excluding carboxylic acids is 4. The van der Waals surface area contributed by atoms with Crippen LogP contribution in [0.2, 0.25) is 0 Å². The number of alkyl halides is 1. The second-order valence-corrected chi connectivity index (χ2v) is 13.7. The predicted octanol–water partition coefficient (Wildman–Crippen LogP) is 3.31. The Morgan fingerprint density at radius 2 is 1.98 bits per heavy atom. The summed E-state index contributed by atoms with van der Waals surface area (Å²) in [7, 11) is 1.50. The zero-order valence-corrected chi connectivity index (χ0v) is 29.1. The summed E-state index contributed by atoms with van der Waals surface area (Å²) >= 11 is 3.70. The number of aliphatic hydroxyl groups excluding tert-OH is 1. The summed E-state index contributed by atoms with van der Waals surface area (Å²) < 4.78 is 18.3. The number of benzene rings is 1. The van der Waals surface area contributed by atoms with Gasteiger partial charge in [0.1, 0.15) is 17.7 Å². The zero-order chi connectivity index (χ0) is 34.3. The van der Waals surface area contributed by atoms with Gasteiger partial charge >= 0.3 is 5.97 Å². The number of amides is 3. The van der Waals surface area contributed by atoms with E-state index in [1.807, 2.05) is 32.0 Å². The number of nitrogens with zero attached hydrogens (tertiary/aromatic N) is 2. The molecule has 3 saturated heterocycles. The lowest BCUT2D eigenvalue weighted by atomic mass is 9.70. The predicted molar refractivity (Wildman–Crippen MR) is 179 cm³/mol. The molecule has 0 saturated carbocycles. The lowest BCUT2D eigenvalue weighted by Crippen LogP contribution is -2.58. The highest BCUT2D eigenvalue weighted by Gasteiger charge is 2.77. The number of hydrogen-bond acceptors (Lipinski definition) is 8. The molecule has 0 aromatic heterocycles. The first-order chi connectivity index (χ1) is 22.6. The minimum atomic E-state index is -1.30. The van der Waals surface area contributed by atoms with Crippen LogP contribution in [-0.4, -0.2) is 107 Å². The van der Waals surface area contributed by atoms with Crippen molar-refractivity contribution in [2.45, 2.75) is 86.7 Å². The van der Waals surface area contributed by atoms with Gasteiger partial charge in [0.2, 0.25) is 17.7 Å². The third kappa shape index (κ3) is 7.35. The van der Waals surface area contributed by atoms with E-state index in [-0.39, 0.29) is 55.4 Å². The molecule has 2 N–H and O–H groups in total. The van der Waals surface area contributed by atoms with Crippen molar-refractivity contribution in [2.75, 3.05) is 33.4 Å². The van der Waals surface area contributed by atoms with Crippen molar-refractivity contribution >= 4 is 39.6 Å². The van der Waals surface area contributed by atoms with Crippen molar-refractivity contribution < 1.29 is 38.5 Å². The summed E-state index contributed by atoms with van der Waals surface area (Å²) in [6.07, 6.45) is 4.26. The van der Waals surface area contributed by atoms with E-state index in [0.29, 0.717) is 18.4 Å². The highest BCUT2D eigenvalue weighted by atomic mass is 79.9. The van der Waals surface area contributed by atoms with Crippen molar-refractivity contribution in [3.8, 4) is 0 Å². The molecule has 1 spiro atoms. The molecule has 3 amide bonds. The largest absolute Gasteiger partial charge is 0.455 e. The number of carbonyl (C=O) groups is 4. The average molecular weight is 719 g/mol. The zero-order valence-electron chi connectivity index (χ0n) is 27.5. The fourth-order valence-electron chi connectivity index (χ4n) is 7.51. The SMILES string of the molecule is C=CCCC(=O)N[C@@H](COC)[C@@H](OC(=O)[C@@H]1[C@H]2O[C@@]3(CC2Br)[C@H](C(=O)N(CC=C)C(C)CCC)N(CCO)C(=O)[C@@H]13)c1ccccc1. The molecule has 258 valence electrons. The number of nitrogens with one attached hydrogen (secondary N) is 1. The maximum Gasteiger partial charge on any atom is 0.313 e. The third-order valence-corrected chi connectivity index (χ3v) is 10.3. The number of likely N-dealkylation sites (tertiary alicyclic amines) is 1. The number of halogens is 1. The van der Waals surface area contributed by atoms with Gasteiger partial charge in [-0.3, -0.25) is 19.2 Å². The van der Waals surface area contributed by atoms with E-state index in [0.717, 1.165) is 12.8 Å². The summed E-state index contributed by atoms with van der Waals surface area (Å²) in [4.78, 5) is 58.6. The van der Waals surface area contributed by atoms with E-state index >= 15 is 0 Å². The molecule has 3 fully saturated rings.